The van der Waals surface area contributed by atoms with Crippen LogP contribution in [0.2, 0.25) is 0 Å². The van der Waals surface area contributed by atoms with Gasteiger partial charge in [0.25, 0.3) is 0 Å². The molecule has 0 bridgehead atoms. The lowest BCUT2D eigenvalue weighted by Crippen LogP contribution is -2.13. The highest BCUT2D eigenvalue weighted by molar-refractivity contribution is 5.79. The monoisotopic (exact) mass is 195 g/mol. The Balaban J connectivity index is 2.05. The zero-order valence-corrected chi connectivity index (χ0v) is 8.12. The number of nitrogens with one attached hydrogen (secondary N) is 1. The summed E-state index contributed by atoms with van der Waals surface area (Å²) in [6, 6.07) is 0. The molecule has 0 aliphatic carbocycles. The Kier molecular flexibility index (Phi) is 2.47. The van der Waals surface area contributed by atoms with Crippen LogP contribution in [0.5, 0.6) is 0 Å². The highest BCUT2D eigenvalue weighted by Crippen LogP contribution is 2.21. The Morgan fingerprint density at radius 2 is 2.50 bits per heavy atom. The van der Waals surface area contributed by atoms with Crippen LogP contribution in [-0.2, 0) is 11.2 Å². The van der Waals surface area contributed by atoms with Crippen molar-refractivity contribution < 1.29 is 9.32 Å². The molecule has 14 heavy (non-hydrogen) atoms. The van der Waals surface area contributed by atoms with Crippen LogP contribution >= 0.6 is 0 Å². The number of aromatic nitrogens is 2. The van der Waals surface area contributed by atoms with Crippen molar-refractivity contribution in [3.8, 4) is 0 Å². The van der Waals surface area contributed by atoms with Gasteiger partial charge in [-0.25, -0.2) is 0 Å². The second-order valence-electron chi connectivity index (χ2n) is 3.50. The first-order chi connectivity index (χ1) is 6.79. The van der Waals surface area contributed by atoms with Gasteiger partial charge in [0.05, 0.1) is 5.92 Å². The lowest BCUT2D eigenvalue weighted by Gasteiger charge is -1.96. The average Bonchev–Trinajstić information content (AvgIpc) is 2.74. The van der Waals surface area contributed by atoms with Gasteiger partial charge in [-0.2, -0.15) is 4.98 Å². The first-order valence-corrected chi connectivity index (χ1v) is 4.88. The lowest BCUT2D eigenvalue weighted by atomic mass is 10.1. The summed E-state index contributed by atoms with van der Waals surface area (Å²) in [5.74, 6) is 1.46. The molecule has 1 fully saturated rings. The third-order valence-corrected chi connectivity index (χ3v) is 2.28. The molecule has 0 aromatic carbocycles. The quantitative estimate of drug-likeness (QED) is 0.767. The van der Waals surface area contributed by atoms with Crippen LogP contribution in [0, 0.1) is 0 Å². The molecule has 1 saturated heterocycles. The van der Waals surface area contributed by atoms with Crippen molar-refractivity contribution in [3.63, 3.8) is 0 Å². The molecule has 5 nitrogen and oxygen atoms in total. The maximum atomic E-state index is 11.0. The topological polar surface area (TPSA) is 68.0 Å². The standard InChI is InChI=1S/C9H13N3O2/c1-2-3-7-11-9(14-12-7)6-4-8(13)10-5-6/h6H,2-5H2,1H3,(H,10,13)/t6-/m1/s1. The minimum absolute atomic E-state index is 0.0604. The number of rotatable bonds is 3. The Morgan fingerprint density at radius 1 is 1.64 bits per heavy atom. The van der Waals surface area contributed by atoms with Crippen molar-refractivity contribution in [3.05, 3.63) is 11.7 Å². The molecule has 0 spiro atoms. The predicted molar refractivity (Wildman–Crippen MR) is 48.7 cm³/mol. The summed E-state index contributed by atoms with van der Waals surface area (Å²) in [6.45, 7) is 2.68. The summed E-state index contributed by atoms with van der Waals surface area (Å²) >= 11 is 0. The summed E-state index contributed by atoms with van der Waals surface area (Å²) in [6.07, 6.45) is 2.30. The molecule has 1 aliphatic heterocycles. The van der Waals surface area contributed by atoms with E-state index in [1.54, 1.807) is 0 Å². The number of amides is 1. The third kappa shape index (κ3) is 1.76. The van der Waals surface area contributed by atoms with E-state index < -0.39 is 0 Å². The van der Waals surface area contributed by atoms with E-state index in [-0.39, 0.29) is 11.8 Å². The Labute approximate surface area is 81.9 Å². The maximum Gasteiger partial charge on any atom is 0.232 e. The molecule has 1 atom stereocenters. The maximum absolute atomic E-state index is 11.0. The minimum atomic E-state index is 0.0604. The van der Waals surface area contributed by atoms with Gasteiger partial charge in [-0.05, 0) is 6.42 Å². The lowest BCUT2D eigenvalue weighted by molar-refractivity contribution is -0.119. The predicted octanol–water partition coefficient (Wildman–Crippen LogP) is 0.626. The van der Waals surface area contributed by atoms with Gasteiger partial charge in [-0.1, -0.05) is 12.1 Å². The molecule has 1 aromatic rings. The summed E-state index contributed by atoms with van der Waals surface area (Å²) in [5.41, 5.74) is 0. The molecule has 2 heterocycles. The molecule has 76 valence electrons. The van der Waals surface area contributed by atoms with E-state index in [1.165, 1.54) is 0 Å². The largest absolute Gasteiger partial charge is 0.355 e. The fourth-order valence-electron chi connectivity index (χ4n) is 1.54. The first kappa shape index (κ1) is 9.18. The van der Waals surface area contributed by atoms with Crippen LogP contribution in [0.15, 0.2) is 4.52 Å². The van der Waals surface area contributed by atoms with E-state index in [9.17, 15) is 4.79 Å². The van der Waals surface area contributed by atoms with Crippen LogP contribution < -0.4 is 5.32 Å². The average molecular weight is 195 g/mol. The number of hydrogen-bond acceptors (Lipinski definition) is 4. The van der Waals surface area contributed by atoms with Crippen molar-refractivity contribution in [1.29, 1.82) is 0 Å². The van der Waals surface area contributed by atoms with Crippen molar-refractivity contribution in [1.82, 2.24) is 15.5 Å². The Hall–Kier alpha value is -1.39. The molecule has 1 N–H and O–H groups in total. The number of aryl methyl sites for hydroxylation is 1. The van der Waals surface area contributed by atoms with Gasteiger partial charge in [-0.3, -0.25) is 4.79 Å². The zero-order chi connectivity index (χ0) is 9.97. The van der Waals surface area contributed by atoms with Crippen molar-refractivity contribution in [2.75, 3.05) is 6.54 Å². The van der Waals surface area contributed by atoms with Crippen LogP contribution in [0.4, 0.5) is 0 Å². The van der Waals surface area contributed by atoms with E-state index in [4.69, 9.17) is 4.52 Å². The summed E-state index contributed by atoms with van der Waals surface area (Å²) in [5, 5.41) is 6.59. The highest BCUT2D eigenvalue weighted by Gasteiger charge is 2.27. The SMILES string of the molecule is CCCc1noc([C@H]2CNC(=O)C2)n1. The van der Waals surface area contributed by atoms with Crippen LogP contribution in [0.3, 0.4) is 0 Å². The van der Waals surface area contributed by atoms with Gasteiger partial charge in [0, 0.05) is 19.4 Å². The van der Waals surface area contributed by atoms with E-state index in [1.807, 2.05) is 0 Å². The molecule has 0 saturated carbocycles. The van der Waals surface area contributed by atoms with E-state index in [2.05, 4.69) is 22.4 Å². The number of carbonyl (C=O) groups is 1. The highest BCUT2D eigenvalue weighted by atomic mass is 16.5. The third-order valence-electron chi connectivity index (χ3n) is 2.28. The zero-order valence-electron chi connectivity index (χ0n) is 8.12. The second kappa shape index (κ2) is 3.77. The molecule has 5 heteroatoms. The van der Waals surface area contributed by atoms with Gasteiger partial charge < -0.3 is 9.84 Å². The molecular formula is C9H13N3O2. The van der Waals surface area contributed by atoms with E-state index >= 15 is 0 Å². The fourth-order valence-corrected chi connectivity index (χ4v) is 1.54. The van der Waals surface area contributed by atoms with Crippen LogP contribution in [-0.4, -0.2) is 22.6 Å². The van der Waals surface area contributed by atoms with Crippen molar-refractivity contribution in [2.24, 2.45) is 0 Å². The van der Waals surface area contributed by atoms with Crippen molar-refractivity contribution in [2.45, 2.75) is 32.1 Å². The molecule has 2 rings (SSSR count). The van der Waals surface area contributed by atoms with Gasteiger partial charge in [0.1, 0.15) is 0 Å². The van der Waals surface area contributed by atoms with Gasteiger partial charge in [0.2, 0.25) is 11.8 Å². The van der Waals surface area contributed by atoms with Gasteiger partial charge in [0.15, 0.2) is 5.82 Å². The minimum Gasteiger partial charge on any atom is -0.355 e. The van der Waals surface area contributed by atoms with Gasteiger partial charge >= 0.3 is 0 Å². The summed E-state index contributed by atoms with van der Waals surface area (Å²) in [7, 11) is 0. The van der Waals surface area contributed by atoms with Crippen LogP contribution in [0.1, 0.15) is 37.4 Å². The number of hydrogen-bond donors (Lipinski definition) is 1. The number of nitrogens with zero attached hydrogens (tertiary/aromatic N) is 2. The molecule has 0 radical (unpaired) electrons. The van der Waals surface area contributed by atoms with Crippen LogP contribution in [0.25, 0.3) is 0 Å². The Morgan fingerprint density at radius 3 is 3.14 bits per heavy atom. The first-order valence-electron chi connectivity index (χ1n) is 4.88. The molecule has 1 aromatic heterocycles. The summed E-state index contributed by atoms with van der Waals surface area (Å²) < 4.78 is 5.10. The Bertz CT molecular complexity index is 335. The number of carbonyl (C=O) groups excluding carboxylic acids is 1. The normalized spacial score (nSPS) is 21.2. The molecule has 1 amide bonds. The van der Waals surface area contributed by atoms with Crippen molar-refractivity contribution >= 4 is 5.91 Å². The molecular weight excluding hydrogens is 182 g/mol. The van der Waals surface area contributed by atoms with Gasteiger partial charge in [-0.15, -0.1) is 0 Å². The molecule has 0 unspecified atom stereocenters. The fraction of sp³-hybridized carbons (Fsp3) is 0.667. The smallest absolute Gasteiger partial charge is 0.232 e. The second-order valence-corrected chi connectivity index (χ2v) is 3.50. The van der Waals surface area contributed by atoms with E-state index in [0.29, 0.717) is 18.9 Å². The molecule has 1 aliphatic rings. The summed E-state index contributed by atoms with van der Waals surface area (Å²) in [4.78, 5) is 15.2. The van der Waals surface area contributed by atoms with E-state index in [0.717, 1.165) is 18.7 Å².